The van der Waals surface area contributed by atoms with Gasteiger partial charge < -0.3 is 5.73 Å². The van der Waals surface area contributed by atoms with E-state index in [0.29, 0.717) is 18.1 Å². The number of nitrogens with two attached hydrogens (primary N) is 1. The number of rotatable bonds is 2. The predicted molar refractivity (Wildman–Crippen MR) is 73.1 cm³/mol. The molecule has 4 nitrogen and oxygen atoms in total. The number of halogens is 1. The van der Waals surface area contributed by atoms with Crippen LogP contribution in [-0.4, -0.2) is 25.8 Å². The molecule has 0 bridgehead atoms. The fourth-order valence-corrected chi connectivity index (χ4v) is 4.05. The van der Waals surface area contributed by atoms with E-state index in [1.165, 1.54) is 16.4 Å². The number of nitrogens with zero attached hydrogens (tertiary/aromatic N) is 1. The van der Waals surface area contributed by atoms with E-state index >= 15 is 0 Å². The van der Waals surface area contributed by atoms with Crippen LogP contribution in [0.25, 0.3) is 0 Å². The summed E-state index contributed by atoms with van der Waals surface area (Å²) in [5, 5.41) is 0.387. The summed E-state index contributed by atoms with van der Waals surface area (Å²) in [7, 11) is -3.51. The maximum Gasteiger partial charge on any atom is 0.245 e. The second-order valence-electron chi connectivity index (χ2n) is 4.50. The van der Waals surface area contributed by atoms with Crippen molar-refractivity contribution in [3.63, 3.8) is 0 Å². The van der Waals surface area contributed by atoms with Crippen LogP contribution in [-0.2, 0) is 10.0 Å². The van der Waals surface area contributed by atoms with Crippen molar-refractivity contribution < 1.29 is 8.42 Å². The van der Waals surface area contributed by atoms with Crippen molar-refractivity contribution in [1.82, 2.24) is 4.31 Å². The molecule has 0 aromatic heterocycles. The topological polar surface area (TPSA) is 63.4 Å². The molecule has 1 aromatic carbocycles. The number of sulfonamides is 1. The highest BCUT2D eigenvalue weighted by molar-refractivity contribution is 7.89. The first-order chi connectivity index (χ1) is 8.51. The highest BCUT2D eigenvalue weighted by atomic mass is 35.5. The molecule has 1 aliphatic heterocycles. The molecule has 0 amide bonds. The Labute approximate surface area is 113 Å². The fourth-order valence-electron chi connectivity index (χ4n) is 2.15. The summed E-state index contributed by atoms with van der Waals surface area (Å²) in [5.41, 5.74) is 6.01. The summed E-state index contributed by atoms with van der Waals surface area (Å²) in [6.07, 6.45) is 3.97. The Kier molecular flexibility index (Phi) is 4.14. The Morgan fingerprint density at radius 2 is 1.72 bits per heavy atom. The molecule has 100 valence electrons. The molecular formula is C12H17ClN2O2S. The first-order valence-electron chi connectivity index (χ1n) is 6.07. The predicted octanol–water partition coefficient (Wildman–Crippen LogP) is 2.49. The van der Waals surface area contributed by atoms with Gasteiger partial charge in [-0.3, -0.25) is 0 Å². The minimum absolute atomic E-state index is 0.122. The number of hydrogen-bond acceptors (Lipinski definition) is 3. The molecule has 1 fully saturated rings. The minimum atomic E-state index is -3.51. The summed E-state index contributed by atoms with van der Waals surface area (Å²) in [6.45, 7) is 1.13. The van der Waals surface area contributed by atoms with Crippen molar-refractivity contribution >= 4 is 27.3 Å². The van der Waals surface area contributed by atoms with Crippen molar-refractivity contribution in [1.29, 1.82) is 0 Å². The third kappa shape index (κ3) is 2.79. The first kappa shape index (κ1) is 13.6. The van der Waals surface area contributed by atoms with Gasteiger partial charge in [0.1, 0.15) is 4.90 Å². The third-order valence-electron chi connectivity index (χ3n) is 3.16. The fraction of sp³-hybridized carbons (Fsp3) is 0.500. The van der Waals surface area contributed by atoms with Gasteiger partial charge in [-0.2, -0.15) is 4.31 Å². The lowest BCUT2D eigenvalue weighted by molar-refractivity contribution is 0.424. The van der Waals surface area contributed by atoms with Crippen LogP contribution in [0.1, 0.15) is 25.7 Å². The first-order valence-corrected chi connectivity index (χ1v) is 7.89. The Morgan fingerprint density at radius 3 is 2.33 bits per heavy atom. The van der Waals surface area contributed by atoms with Crippen LogP contribution in [0.4, 0.5) is 5.69 Å². The van der Waals surface area contributed by atoms with Crippen molar-refractivity contribution in [3.8, 4) is 0 Å². The van der Waals surface area contributed by atoms with E-state index in [1.54, 1.807) is 6.07 Å². The van der Waals surface area contributed by atoms with Gasteiger partial charge in [0, 0.05) is 18.1 Å². The standard InChI is InChI=1S/C12H17ClN2O2S/c13-10-5-6-11(14)12(9-10)18(16,17)15-7-3-1-2-4-8-15/h5-6,9H,1-4,7-8,14H2. The maximum absolute atomic E-state index is 12.5. The number of hydrogen-bond donors (Lipinski definition) is 1. The van der Waals surface area contributed by atoms with Gasteiger partial charge in [0.05, 0.1) is 5.69 Å². The number of benzene rings is 1. The summed E-state index contributed by atoms with van der Waals surface area (Å²) < 4.78 is 26.5. The molecule has 1 aliphatic rings. The molecule has 0 aliphatic carbocycles. The third-order valence-corrected chi connectivity index (χ3v) is 5.35. The molecule has 18 heavy (non-hydrogen) atoms. The highest BCUT2D eigenvalue weighted by Gasteiger charge is 2.27. The van der Waals surface area contributed by atoms with Gasteiger partial charge in [0.25, 0.3) is 0 Å². The smallest absolute Gasteiger partial charge is 0.245 e. The molecule has 1 heterocycles. The second kappa shape index (κ2) is 5.47. The molecule has 0 atom stereocenters. The average Bonchev–Trinajstić information content (AvgIpc) is 2.61. The lowest BCUT2D eigenvalue weighted by Crippen LogP contribution is -2.32. The largest absolute Gasteiger partial charge is 0.398 e. The van der Waals surface area contributed by atoms with Crippen LogP contribution in [0, 0.1) is 0 Å². The molecule has 2 N–H and O–H groups in total. The minimum Gasteiger partial charge on any atom is -0.398 e. The molecular weight excluding hydrogens is 272 g/mol. The molecule has 2 rings (SSSR count). The molecule has 0 unspecified atom stereocenters. The quantitative estimate of drug-likeness (QED) is 0.851. The van der Waals surface area contributed by atoms with Gasteiger partial charge in [-0.25, -0.2) is 8.42 Å². The van der Waals surface area contributed by atoms with Gasteiger partial charge in [-0.15, -0.1) is 0 Å². The van der Waals surface area contributed by atoms with Gasteiger partial charge in [0.2, 0.25) is 10.0 Å². The van der Waals surface area contributed by atoms with Crippen molar-refractivity contribution in [2.24, 2.45) is 0 Å². The lowest BCUT2D eigenvalue weighted by Gasteiger charge is -2.20. The average molecular weight is 289 g/mol. The molecule has 6 heteroatoms. The van der Waals surface area contributed by atoms with Gasteiger partial charge in [-0.05, 0) is 31.0 Å². The monoisotopic (exact) mass is 288 g/mol. The van der Waals surface area contributed by atoms with Crippen LogP contribution >= 0.6 is 11.6 Å². The van der Waals surface area contributed by atoms with Gasteiger partial charge >= 0.3 is 0 Å². The van der Waals surface area contributed by atoms with E-state index in [9.17, 15) is 8.42 Å². The lowest BCUT2D eigenvalue weighted by atomic mass is 10.2. The Hall–Kier alpha value is -0.780. The summed E-state index contributed by atoms with van der Waals surface area (Å²) in [5.74, 6) is 0. The number of nitrogen functional groups attached to an aromatic ring is 1. The van der Waals surface area contributed by atoms with Crippen LogP contribution in [0.15, 0.2) is 23.1 Å². The van der Waals surface area contributed by atoms with E-state index in [1.807, 2.05) is 0 Å². The Balaban J connectivity index is 2.37. The van der Waals surface area contributed by atoms with Crippen molar-refractivity contribution in [3.05, 3.63) is 23.2 Å². The zero-order valence-corrected chi connectivity index (χ0v) is 11.7. The Morgan fingerprint density at radius 1 is 1.11 bits per heavy atom. The molecule has 1 saturated heterocycles. The van der Waals surface area contributed by atoms with E-state index in [-0.39, 0.29) is 10.6 Å². The van der Waals surface area contributed by atoms with Crippen molar-refractivity contribution in [2.45, 2.75) is 30.6 Å². The van der Waals surface area contributed by atoms with E-state index in [2.05, 4.69) is 0 Å². The van der Waals surface area contributed by atoms with Crippen molar-refractivity contribution in [2.75, 3.05) is 18.8 Å². The van der Waals surface area contributed by atoms with E-state index in [0.717, 1.165) is 25.7 Å². The normalized spacial score (nSPS) is 18.5. The zero-order chi connectivity index (χ0) is 13.2. The zero-order valence-electron chi connectivity index (χ0n) is 10.1. The van der Waals surface area contributed by atoms with Gasteiger partial charge in [-0.1, -0.05) is 24.4 Å². The summed E-state index contributed by atoms with van der Waals surface area (Å²) >= 11 is 5.86. The summed E-state index contributed by atoms with van der Waals surface area (Å²) in [4.78, 5) is 0.122. The highest BCUT2D eigenvalue weighted by Crippen LogP contribution is 2.27. The summed E-state index contributed by atoms with van der Waals surface area (Å²) in [6, 6.07) is 4.56. The van der Waals surface area contributed by atoms with E-state index < -0.39 is 10.0 Å². The molecule has 0 saturated carbocycles. The van der Waals surface area contributed by atoms with Crippen LogP contribution in [0.2, 0.25) is 5.02 Å². The van der Waals surface area contributed by atoms with Gasteiger partial charge in [0.15, 0.2) is 0 Å². The molecule has 0 radical (unpaired) electrons. The van der Waals surface area contributed by atoms with Crippen LogP contribution < -0.4 is 5.73 Å². The maximum atomic E-state index is 12.5. The SMILES string of the molecule is Nc1ccc(Cl)cc1S(=O)(=O)N1CCCCCC1. The van der Waals surface area contributed by atoms with Crippen LogP contribution in [0.3, 0.4) is 0 Å². The Bertz CT molecular complexity index is 523. The number of anilines is 1. The molecule has 0 spiro atoms. The molecule has 1 aromatic rings. The van der Waals surface area contributed by atoms with Crippen LogP contribution in [0.5, 0.6) is 0 Å². The second-order valence-corrected chi connectivity index (χ2v) is 6.84. The van der Waals surface area contributed by atoms with E-state index in [4.69, 9.17) is 17.3 Å².